The third kappa shape index (κ3) is 5.05. The molecule has 2 aromatic rings. The van der Waals surface area contributed by atoms with Gasteiger partial charge in [-0.15, -0.1) is 0 Å². The lowest BCUT2D eigenvalue weighted by Gasteiger charge is -2.13. The summed E-state index contributed by atoms with van der Waals surface area (Å²) in [6, 6.07) is 11.1. The molecule has 0 bridgehead atoms. The van der Waals surface area contributed by atoms with Gasteiger partial charge in [0.25, 0.3) is 0 Å². The first kappa shape index (κ1) is 17.4. The van der Waals surface area contributed by atoms with Crippen LogP contribution in [0.4, 0.5) is 0 Å². The second kappa shape index (κ2) is 8.65. The first-order chi connectivity index (χ1) is 11.1. The molecule has 0 aliphatic rings. The van der Waals surface area contributed by atoms with Crippen molar-refractivity contribution in [2.24, 2.45) is 5.10 Å². The van der Waals surface area contributed by atoms with Gasteiger partial charge in [0.05, 0.1) is 22.9 Å². The van der Waals surface area contributed by atoms with Gasteiger partial charge in [-0.05, 0) is 48.4 Å². The van der Waals surface area contributed by atoms with E-state index in [-0.39, 0.29) is 0 Å². The minimum atomic E-state index is 0.376. The molecule has 0 heterocycles. The van der Waals surface area contributed by atoms with Crippen LogP contribution in [0.2, 0.25) is 10.0 Å². The van der Waals surface area contributed by atoms with Crippen molar-refractivity contribution in [2.45, 2.75) is 13.5 Å². The Morgan fingerprint density at radius 3 is 2.57 bits per heavy atom. The highest BCUT2D eigenvalue weighted by atomic mass is 35.5. The molecular formula is C17H18Cl2N2O2. The number of hydrogen-bond donors (Lipinski definition) is 1. The summed E-state index contributed by atoms with van der Waals surface area (Å²) in [6.45, 7) is 2.85. The molecule has 0 spiro atoms. The maximum absolute atomic E-state index is 6.01. The average Bonchev–Trinajstić information content (AvgIpc) is 2.55. The Morgan fingerprint density at radius 2 is 1.87 bits per heavy atom. The minimum Gasteiger partial charge on any atom is -0.490 e. The SMILES string of the molecule is CCOc1cc(/C=N/NC)ccc1OCc1ccc(Cl)c(Cl)c1. The van der Waals surface area contributed by atoms with Crippen LogP contribution in [0.1, 0.15) is 18.1 Å². The number of hydrazone groups is 1. The Balaban J connectivity index is 2.14. The van der Waals surface area contributed by atoms with Crippen molar-refractivity contribution >= 4 is 29.4 Å². The second-order valence-corrected chi connectivity index (χ2v) is 5.47. The highest BCUT2D eigenvalue weighted by Crippen LogP contribution is 2.29. The highest BCUT2D eigenvalue weighted by molar-refractivity contribution is 6.42. The summed E-state index contributed by atoms with van der Waals surface area (Å²) in [7, 11) is 1.74. The topological polar surface area (TPSA) is 42.8 Å². The van der Waals surface area contributed by atoms with Crippen LogP contribution in [-0.4, -0.2) is 19.9 Å². The molecule has 23 heavy (non-hydrogen) atoms. The standard InChI is InChI=1S/C17H18Cl2N2O2/c1-3-22-17-9-12(10-21-20-2)5-7-16(17)23-11-13-4-6-14(18)15(19)8-13/h4-10,20H,3,11H2,1-2H3/b21-10+. The van der Waals surface area contributed by atoms with E-state index in [0.717, 1.165) is 11.1 Å². The van der Waals surface area contributed by atoms with E-state index in [9.17, 15) is 0 Å². The Hall–Kier alpha value is -1.91. The average molecular weight is 353 g/mol. The van der Waals surface area contributed by atoms with Crippen molar-refractivity contribution in [3.63, 3.8) is 0 Å². The van der Waals surface area contributed by atoms with Crippen LogP contribution in [0.3, 0.4) is 0 Å². The van der Waals surface area contributed by atoms with Gasteiger partial charge in [-0.3, -0.25) is 0 Å². The van der Waals surface area contributed by atoms with E-state index in [2.05, 4.69) is 10.5 Å². The molecule has 0 unspecified atom stereocenters. The zero-order valence-electron chi connectivity index (χ0n) is 13.0. The molecule has 0 amide bonds. The maximum atomic E-state index is 6.01. The van der Waals surface area contributed by atoms with Crippen LogP contribution in [0, 0.1) is 0 Å². The summed E-state index contributed by atoms with van der Waals surface area (Å²) in [5.74, 6) is 1.34. The Labute approximate surface area is 146 Å². The number of nitrogens with zero attached hydrogens (tertiary/aromatic N) is 1. The van der Waals surface area contributed by atoms with Crippen molar-refractivity contribution in [1.29, 1.82) is 0 Å². The quantitative estimate of drug-likeness (QED) is 0.588. The van der Waals surface area contributed by atoms with Crippen molar-refractivity contribution in [1.82, 2.24) is 5.43 Å². The molecule has 0 atom stereocenters. The second-order valence-electron chi connectivity index (χ2n) is 4.66. The lowest BCUT2D eigenvalue weighted by atomic mass is 10.2. The molecular weight excluding hydrogens is 335 g/mol. The summed E-state index contributed by atoms with van der Waals surface area (Å²) in [5, 5.41) is 5.02. The molecule has 0 radical (unpaired) electrons. The van der Waals surface area contributed by atoms with Crippen LogP contribution in [0.15, 0.2) is 41.5 Å². The fraction of sp³-hybridized carbons (Fsp3) is 0.235. The lowest BCUT2D eigenvalue weighted by molar-refractivity contribution is 0.269. The molecule has 0 aliphatic heterocycles. The number of hydrogen-bond acceptors (Lipinski definition) is 4. The zero-order chi connectivity index (χ0) is 16.7. The summed E-state index contributed by atoms with van der Waals surface area (Å²) in [6.07, 6.45) is 1.71. The van der Waals surface area contributed by atoms with Gasteiger partial charge in [0, 0.05) is 7.05 Å². The predicted molar refractivity (Wildman–Crippen MR) is 95.1 cm³/mol. The van der Waals surface area contributed by atoms with Crippen LogP contribution in [0.25, 0.3) is 0 Å². The van der Waals surface area contributed by atoms with E-state index in [1.54, 1.807) is 25.4 Å². The third-order valence-corrected chi connectivity index (χ3v) is 3.73. The van der Waals surface area contributed by atoms with E-state index >= 15 is 0 Å². The van der Waals surface area contributed by atoms with Gasteiger partial charge in [0.2, 0.25) is 0 Å². The van der Waals surface area contributed by atoms with Gasteiger partial charge < -0.3 is 14.9 Å². The largest absolute Gasteiger partial charge is 0.490 e. The summed E-state index contributed by atoms with van der Waals surface area (Å²) >= 11 is 11.9. The highest BCUT2D eigenvalue weighted by Gasteiger charge is 2.07. The van der Waals surface area contributed by atoms with Gasteiger partial charge in [-0.1, -0.05) is 29.3 Å². The fourth-order valence-corrected chi connectivity index (χ4v) is 2.24. The molecule has 2 rings (SSSR count). The van der Waals surface area contributed by atoms with Crippen LogP contribution in [-0.2, 0) is 6.61 Å². The number of benzene rings is 2. The molecule has 0 aromatic heterocycles. The van der Waals surface area contributed by atoms with Crippen LogP contribution in [0.5, 0.6) is 11.5 Å². The van der Waals surface area contributed by atoms with E-state index in [1.807, 2.05) is 31.2 Å². The van der Waals surface area contributed by atoms with Gasteiger partial charge in [-0.25, -0.2) is 0 Å². The van der Waals surface area contributed by atoms with Crippen molar-refractivity contribution in [3.8, 4) is 11.5 Å². The Morgan fingerprint density at radius 1 is 1.04 bits per heavy atom. The smallest absolute Gasteiger partial charge is 0.161 e. The van der Waals surface area contributed by atoms with Gasteiger partial charge in [-0.2, -0.15) is 5.10 Å². The molecule has 6 heteroatoms. The number of ether oxygens (including phenoxy) is 2. The Bertz CT molecular complexity index is 690. The summed E-state index contributed by atoms with van der Waals surface area (Å²) in [5.41, 5.74) is 4.57. The fourth-order valence-electron chi connectivity index (χ4n) is 1.92. The van der Waals surface area contributed by atoms with Gasteiger partial charge in [0.15, 0.2) is 11.5 Å². The van der Waals surface area contributed by atoms with E-state index < -0.39 is 0 Å². The molecule has 1 N–H and O–H groups in total. The first-order valence-electron chi connectivity index (χ1n) is 7.17. The van der Waals surface area contributed by atoms with Gasteiger partial charge >= 0.3 is 0 Å². The Kier molecular flexibility index (Phi) is 6.56. The molecule has 0 aliphatic carbocycles. The summed E-state index contributed by atoms with van der Waals surface area (Å²) < 4.78 is 11.5. The van der Waals surface area contributed by atoms with Crippen molar-refractivity contribution < 1.29 is 9.47 Å². The molecule has 122 valence electrons. The van der Waals surface area contributed by atoms with Gasteiger partial charge in [0.1, 0.15) is 6.61 Å². The molecule has 0 fully saturated rings. The van der Waals surface area contributed by atoms with Crippen molar-refractivity contribution in [2.75, 3.05) is 13.7 Å². The molecule has 2 aromatic carbocycles. The van der Waals surface area contributed by atoms with E-state index in [1.165, 1.54) is 0 Å². The molecule has 4 nitrogen and oxygen atoms in total. The normalized spacial score (nSPS) is 10.8. The van der Waals surface area contributed by atoms with Crippen molar-refractivity contribution in [3.05, 3.63) is 57.6 Å². The molecule has 0 saturated heterocycles. The number of halogens is 2. The minimum absolute atomic E-state index is 0.376. The zero-order valence-corrected chi connectivity index (χ0v) is 14.5. The molecule has 0 saturated carbocycles. The predicted octanol–water partition coefficient (Wildman–Crippen LogP) is 4.52. The first-order valence-corrected chi connectivity index (χ1v) is 7.93. The van der Waals surface area contributed by atoms with Crippen LogP contribution >= 0.6 is 23.2 Å². The third-order valence-electron chi connectivity index (χ3n) is 2.99. The van der Waals surface area contributed by atoms with E-state index in [4.69, 9.17) is 32.7 Å². The van der Waals surface area contributed by atoms with E-state index in [0.29, 0.717) is 34.8 Å². The summed E-state index contributed by atoms with van der Waals surface area (Å²) in [4.78, 5) is 0. The monoisotopic (exact) mass is 352 g/mol. The maximum Gasteiger partial charge on any atom is 0.161 e. The number of rotatable bonds is 7. The number of nitrogens with one attached hydrogen (secondary N) is 1. The van der Waals surface area contributed by atoms with Crippen LogP contribution < -0.4 is 14.9 Å². The lowest BCUT2D eigenvalue weighted by Crippen LogP contribution is -2.01.